The summed E-state index contributed by atoms with van der Waals surface area (Å²) in [5, 5.41) is 15.0. The number of halogens is 3. The number of hydrogen-bond donors (Lipinski definition) is 3. The predicted molar refractivity (Wildman–Crippen MR) is 87.5 cm³/mol. The third kappa shape index (κ3) is 4.04. The van der Waals surface area contributed by atoms with Gasteiger partial charge in [-0.05, 0) is 36.4 Å². The van der Waals surface area contributed by atoms with Gasteiger partial charge in [-0.2, -0.15) is 0 Å². The molecule has 0 saturated carbocycles. The summed E-state index contributed by atoms with van der Waals surface area (Å²) in [5.41, 5.74) is 0.414. The van der Waals surface area contributed by atoms with Crippen LogP contribution in [0, 0.1) is 0 Å². The van der Waals surface area contributed by atoms with Gasteiger partial charge < -0.3 is 15.7 Å². The predicted octanol–water partition coefficient (Wildman–Crippen LogP) is 4.99. The number of carbonyl (C=O) groups excluding carboxylic acids is 1. The number of carboxylic acid groups (broad SMARTS) is 1. The van der Waals surface area contributed by atoms with Crippen molar-refractivity contribution in [2.45, 2.75) is 0 Å². The molecule has 2 aromatic carbocycles. The first kappa shape index (κ1) is 16.4. The first-order valence-corrected chi connectivity index (χ1v) is 7.06. The van der Waals surface area contributed by atoms with Crippen LogP contribution < -0.4 is 10.6 Å². The van der Waals surface area contributed by atoms with Gasteiger partial charge in [0.15, 0.2) is 0 Å². The van der Waals surface area contributed by atoms with E-state index in [4.69, 9.17) is 39.9 Å². The highest BCUT2D eigenvalue weighted by Gasteiger charge is 2.13. The van der Waals surface area contributed by atoms with Gasteiger partial charge in [-0.1, -0.05) is 34.8 Å². The molecule has 0 saturated heterocycles. The molecule has 8 heteroatoms. The minimum atomic E-state index is -1.18. The van der Waals surface area contributed by atoms with E-state index in [1.807, 2.05) is 0 Å². The number of amides is 2. The van der Waals surface area contributed by atoms with Crippen molar-refractivity contribution in [3.05, 3.63) is 57.0 Å². The average Bonchev–Trinajstić information content (AvgIpc) is 2.42. The fraction of sp³-hybridized carbons (Fsp3) is 0. The zero-order valence-corrected chi connectivity index (χ0v) is 13.1. The normalized spacial score (nSPS) is 10.1. The van der Waals surface area contributed by atoms with E-state index in [9.17, 15) is 9.59 Å². The Morgan fingerprint density at radius 3 is 2.27 bits per heavy atom. The zero-order valence-electron chi connectivity index (χ0n) is 10.9. The quantitative estimate of drug-likeness (QED) is 0.722. The molecule has 22 heavy (non-hydrogen) atoms. The number of urea groups is 1. The van der Waals surface area contributed by atoms with Gasteiger partial charge in [0.05, 0.1) is 21.3 Å². The van der Waals surface area contributed by atoms with Crippen molar-refractivity contribution in [1.82, 2.24) is 0 Å². The monoisotopic (exact) mass is 358 g/mol. The number of nitrogens with one attached hydrogen (secondary N) is 2. The van der Waals surface area contributed by atoms with Crippen LogP contribution in [-0.4, -0.2) is 17.1 Å². The Morgan fingerprint density at radius 1 is 0.909 bits per heavy atom. The smallest absolute Gasteiger partial charge is 0.337 e. The standard InChI is InChI=1S/C14H9Cl3N2O3/c15-7-1-3-9(13(20)21)12(5-7)19-14(22)18-8-2-4-10(16)11(17)6-8/h1-6H,(H,20,21)(H2,18,19,22). The van der Waals surface area contributed by atoms with E-state index in [2.05, 4.69) is 10.6 Å². The molecule has 114 valence electrons. The summed E-state index contributed by atoms with van der Waals surface area (Å²) in [5.74, 6) is -1.18. The van der Waals surface area contributed by atoms with Gasteiger partial charge in [-0.15, -0.1) is 0 Å². The SMILES string of the molecule is O=C(Nc1ccc(Cl)c(Cl)c1)Nc1cc(Cl)ccc1C(=O)O. The molecule has 0 radical (unpaired) electrons. The van der Waals surface area contributed by atoms with Gasteiger partial charge in [0.1, 0.15) is 0 Å². The maximum Gasteiger partial charge on any atom is 0.337 e. The Morgan fingerprint density at radius 2 is 1.64 bits per heavy atom. The summed E-state index contributed by atoms with van der Waals surface area (Å²) in [4.78, 5) is 23.0. The molecule has 0 spiro atoms. The number of benzene rings is 2. The second-order valence-electron chi connectivity index (χ2n) is 4.20. The molecule has 0 heterocycles. The fourth-order valence-electron chi connectivity index (χ4n) is 1.66. The Balaban J connectivity index is 2.16. The molecule has 0 bridgehead atoms. The highest BCUT2D eigenvalue weighted by molar-refractivity contribution is 6.42. The van der Waals surface area contributed by atoms with Gasteiger partial charge in [0.2, 0.25) is 0 Å². The average molecular weight is 360 g/mol. The number of carboxylic acids is 1. The van der Waals surface area contributed by atoms with Crippen LogP contribution in [0.5, 0.6) is 0 Å². The molecule has 2 amide bonds. The van der Waals surface area contributed by atoms with Crippen molar-refractivity contribution < 1.29 is 14.7 Å². The number of anilines is 2. The van der Waals surface area contributed by atoms with Crippen LogP contribution in [0.4, 0.5) is 16.2 Å². The lowest BCUT2D eigenvalue weighted by Gasteiger charge is -2.11. The van der Waals surface area contributed by atoms with Crippen LogP contribution >= 0.6 is 34.8 Å². The summed E-state index contributed by atoms with van der Waals surface area (Å²) < 4.78 is 0. The molecule has 0 aliphatic rings. The highest BCUT2D eigenvalue weighted by atomic mass is 35.5. The largest absolute Gasteiger partial charge is 0.478 e. The molecule has 0 aliphatic heterocycles. The highest BCUT2D eigenvalue weighted by Crippen LogP contribution is 2.25. The summed E-state index contributed by atoms with van der Waals surface area (Å²) in [6, 6.07) is 8.00. The molecule has 0 aliphatic carbocycles. The van der Waals surface area contributed by atoms with Crippen molar-refractivity contribution >= 4 is 58.2 Å². The Hall–Kier alpha value is -1.95. The van der Waals surface area contributed by atoms with Crippen LogP contribution in [-0.2, 0) is 0 Å². The Kier molecular flexibility index (Phi) is 5.13. The van der Waals surface area contributed by atoms with Crippen molar-refractivity contribution in [2.24, 2.45) is 0 Å². The van der Waals surface area contributed by atoms with E-state index in [0.29, 0.717) is 15.7 Å². The third-order valence-corrected chi connectivity index (χ3v) is 3.61. The van der Waals surface area contributed by atoms with Crippen molar-refractivity contribution in [2.75, 3.05) is 10.6 Å². The maximum absolute atomic E-state index is 11.9. The van der Waals surface area contributed by atoms with Crippen LogP contribution in [0.1, 0.15) is 10.4 Å². The van der Waals surface area contributed by atoms with Crippen LogP contribution in [0.15, 0.2) is 36.4 Å². The molecule has 2 aromatic rings. The van der Waals surface area contributed by atoms with Gasteiger partial charge in [-0.3, -0.25) is 0 Å². The Bertz CT molecular complexity index is 750. The lowest BCUT2D eigenvalue weighted by atomic mass is 10.2. The summed E-state index contributed by atoms with van der Waals surface area (Å²) in [7, 11) is 0. The van der Waals surface area contributed by atoms with Crippen molar-refractivity contribution in [1.29, 1.82) is 0 Å². The first-order valence-electron chi connectivity index (χ1n) is 5.92. The summed E-state index contributed by atoms with van der Waals surface area (Å²) in [6.07, 6.45) is 0. The van der Waals surface area contributed by atoms with Gasteiger partial charge >= 0.3 is 12.0 Å². The van der Waals surface area contributed by atoms with E-state index in [1.165, 1.54) is 30.3 Å². The van der Waals surface area contributed by atoms with Gasteiger partial charge in [0.25, 0.3) is 0 Å². The second-order valence-corrected chi connectivity index (χ2v) is 5.45. The van der Waals surface area contributed by atoms with Gasteiger partial charge in [-0.25, -0.2) is 9.59 Å². The van der Waals surface area contributed by atoms with E-state index in [1.54, 1.807) is 6.07 Å². The molecule has 5 nitrogen and oxygen atoms in total. The van der Waals surface area contributed by atoms with E-state index < -0.39 is 12.0 Å². The van der Waals surface area contributed by atoms with Crippen molar-refractivity contribution in [3.63, 3.8) is 0 Å². The van der Waals surface area contributed by atoms with Crippen LogP contribution in [0.25, 0.3) is 0 Å². The minimum Gasteiger partial charge on any atom is -0.478 e. The number of rotatable bonds is 3. The van der Waals surface area contributed by atoms with Crippen molar-refractivity contribution in [3.8, 4) is 0 Å². The maximum atomic E-state index is 11.9. The lowest BCUT2D eigenvalue weighted by Crippen LogP contribution is -2.21. The Labute approximate surface area is 140 Å². The van der Waals surface area contributed by atoms with E-state index in [0.717, 1.165) is 0 Å². The zero-order chi connectivity index (χ0) is 16.3. The molecule has 0 fully saturated rings. The molecule has 0 unspecified atom stereocenters. The summed E-state index contributed by atoms with van der Waals surface area (Å²) in [6.45, 7) is 0. The number of hydrogen-bond acceptors (Lipinski definition) is 2. The lowest BCUT2D eigenvalue weighted by molar-refractivity contribution is 0.0698. The third-order valence-electron chi connectivity index (χ3n) is 2.64. The number of aromatic carboxylic acids is 1. The molecule has 3 N–H and O–H groups in total. The first-order chi connectivity index (χ1) is 10.4. The number of carbonyl (C=O) groups is 2. The van der Waals surface area contributed by atoms with Gasteiger partial charge in [0, 0.05) is 10.7 Å². The molecular formula is C14H9Cl3N2O3. The second kappa shape index (κ2) is 6.87. The summed E-state index contributed by atoms with van der Waals surface area (Å²) >= 11 is 17.4. The van der Waals surface area contributed by atoms with E-state index >= 15 is 0 Å². The van der Waals surface area contributed by atoms with E-state index in [-0.39, 0.29) is 16.3 Å². The fourth-order valence-corrected chi connectivity index (χ4v) is 2.14. The molecule has 0 aromatic heterocycles. The minimum absolute atomic E-state index is 0.0753. The molecule has 2 rings (SSSR count). The van der Waals surface area contributed by atoms with Crippen LogP contribution in [0.3, 0.4) is 0 Å². The molecular weight excluding hydrogens is 351 g/mol. The van der Waals surface area contributed by atoms with Crippen LogP contribution in [0.2, 0.25) is 15.1 Å². The molecule has 0 atom stereocenters. The topological polar surface area (TPSA) is 78.4 Å².